The highest BCUT2D eigenvalue weighted by atomic mass is 28.4. The fourth-order valence-electron chi connectivity index (χ4n) is 8.16. The Morgan fingerprint density at radius 3 is 1.96 bits per heavy atom. The van der Waals surface area contributed by atoms with Crippen LogP contribution in [0, 0.1) is 29.7 Å². The molecule has 0 aromatic rings. The number of hydrogen-bond donors (Lipinski definition) is 1. The maximum atomic E-state index is 10.3. The van der Waals surface area contributed by atoms with Gasteiger partial charge in [0.2, 0.25) is 0 Å². The molecular formula is C40H71NO3Si2. The van der Waals surface area contributed by atoms with Crippen LogP contribution in [0.2, 0.25) is 36.3 Å². The lowest BCUT2D eigenvalue weighted by Gasteiger charge is -2.46. The van der Waals surface area contributed by atoms with Crippen LogP contribution >= 0.6 is 0 Å². The summed E-state index contributed by atoms with van der Waals surface area (Å²) in [5.74, 6) is 2.12. The minimum absolute atomic E-state index is 0.0896. The van der Waals surface area contributed by atoms with Gasteiger partial charge in [0.15, 0.2) is 22.8 Å². The van der Waals surface area contributed by atoms with Gasteiger partial charge in [0.1, 0.15) is 0 Å². The number of aliphatic hydroxyl groups is 1. The molecule has 0 heterocycles. The summed E-state index contributed by atoms with van der Waals surface area (Å²) in [7, 11) is -4.17. The maximum absolute atomic E-state index is 10.3. The van der Waals surface area contributed by atoms with E-state index in [1.165, 1.54) is 44.1 Å². The second-order valence-corrected chi connectivity index (χ2v) is 28.8. The topological polar surface area (TPSA) is 43.0 Å². The van der Waals surface area contributed by atoms with Gasteiger partial charge in [-0.2, -0.15) is 0 Å². The normalized spacial score (nSPS) is 29.8. The lowest BCUT2D eigenvalue weighted by atomic mass is 9.60. The Bertz CT molecular complexity index is 1140. The second kappa shape index (κ2) is 14.5. The van der Waals surface area contributed by atoms with Crippen molar-refractivity contribution in [1.29, 1.82) is 0 Å². The first-order valence-electron chi connectivity index (χ1n) is 18.4. The van der Waals surface area contributed by atoms with Crippen molar-refractivity contribution in [2.24, 2.45) is 23.2 Å². The summed E-state index contributed by atoms with van der Waals surface area (Å²) in [5.41, 5.74) is 3.92. The zero-order valence-electron chi connectivity index (χ0n) is 32.4. The van der Waals surface area contributed by atoms with Crippen LogP contribution in [-0.2, 0) is 8.85 Å². The molecule has 0 bridgehead atoms. The first-order valence-corrected chi connectivity index (χ1v) is 24.3. The van der Waals surface area contributed by atoms with E-state index >= 15 is 0 Å². The van der Waals surface area contributed by atoms with E-state index < -0.39 is 22.2 Å². The second-order valence-electron chi connectivity index (χ2n) is 19.2. The van der Waals surface area contributed by atoms with E-state index in [1.54, 1.807) is 11.8 Å². The van der Waals surface area contributed by atoms with E-state index in [4.69, 9.17) is 15.4 Å². The molecule has 262 valence electrons. The van der Waals surface area contributed by atoms with Crippen LogP contribution in [0.4, 0.5) is 0 Å². The number of hydrogen-bond acceptors (Lipinski definition) is 3. The first-order chi connectivity index (χ1) is 20.9. The highest BCUT2D eigenvalue weighted by Crippen LogP contribution is 2.60. The summed E-state index contributed by atoms with van der Waals surface area (Å²) in [5, 5.41) is 10.4. The lowest BCUT2D eigenvalue weighted by Crippen LogP contribution is -2.50. The zero-order valence-corrected chi connectivity index (χ0v) is 34.4. The summed E-state index contributed by atoms with van der Waals surface area (Å²) in [6, 6.07) is 0. The molecule has 0 radical (unpaired) electrons. The van der Waals surface area contributed by atoms with Crippen molar-refractivity contribution in [1.82, 2.24) is 0 Å². The standard InChI is InChI=1S/C40H71NO3Si2/c1-29(18-16-24-39(8,9)42)33-22-23-34-31(19-17-25-40(33,34)10)21-20-30-26-35(43-45(12,13)37(2,3)4)32(28-41-11)36(27-30)44-46(14,15)38(5,6)7/h20-21,28-29,33-36,42H,16-19,22-27H2,1-10,12-15H3/t29-,33?,34?,35+,36+,40?/m0/s1. The third-order valence-electron chi connectivity index (χ3n) is 13.0. The number of nitrogens with zero attached hydrogens (tertiary/aromatic N) is 1. The Kier molecular flexibility index (Phi) is 12.4. The number of rotatable bonds is 10. The van der Waals surface area contributed by atoms with E-state index in [1.807, 2.05) is 13.8 Å². The highest BCUT2D eigenvalue weighted by molar-refractivity contribution is 6.74. The monoisotopic (exact) mass is 669 g/mol. The minimum Gasteiger partial charge on any atom is -0.411 e. The van der Waals surface area contributed by atoms with Crippen LogP contribution in [0.15, 0.2) is 35.1 Å². The number of allylic oxidation sites excluding steroid dienone is 3. The Morgan fingerprint density at radius 2 is 1.48 bits per heavy atom. The van der Waals surface area contributed by atoms with Gasteiger partial charge in [-0.3, -0.25) is 0 Å². The van der Waals surface area contributed by atoms with Crippen molar-refractivity contribution in [2.45, 2.75) is 188 Å². The predicted molar refractivity (Wildman–Crippen MR) is 202 cm³/mol. The molecule has 46 heavy (non-hydrogen) atoms. The average molecular weight is 670 g/mol. The molecule has 0 aliphatic heterocycles. The minimum atomic E-state index is -2.08. The molecule has 3 aliphatic carbocycles. The van der Waals surface area contributed by atoms with Crippen molar-refractivity contribution in [3.63, 3.8) is 0 Å². The van der Waals surface area contributed by atoms with E-state index in [9.17, 15) is 5.11 Å². The zero-order chi connectivity index (χ0) is 34.9. The molecule has 3 fully saturated rings. The third kappa shape index (κ3) is 9.38. The van der Waals surface area contributed by atoms with Crippen molar-refractivity contribution in [3.05, 3.63) is 46.5 Å². The van der Waals surface area contributed by atoms with Crippen LogP contribution in [0.5, 0.6) is 0 Å². The largest absolute Gasteiger partial charge is 0.411 e. The Hall–Kier alpha value is -0.976. The molecule has 1 N–H and O–H groups in total. The Labute approximate surface area is 287 Å². The fraction of sp³-hybridized carbons (Fsp3) is 0.825. The van der Waals surface area contributed by atoms with Gasteiger partial charge in [-0.05, 0) is 130 Å². The molecule has 0 saturated heterocycles. The van der Waals surface area contributed by atoms with Crippen LogP contribution < -0.4 is 0 Å². The van der Waals surface area contributed by atoms with Gasteiger partial charge >= 0.3 is 0 Å². The van der Waals surface area contributed by atoms with Crippen LogP contribution in [0.1, 0.15) is 133 Å². The first kappa shape index (κ1) is 39.5. The van der Waals surface area contributed by atoms with E-state index in [0.29, 0.717) is 17.3 Å². The summed E-state index contributed by atoms with van der Waals surface area (Å²) in [4.78, 5) is 3.80. The van der Waals surface area contributed by atoms with E-state index in [0.717, 1.165) is 37.2 Å². The third-order valence-corrected chi connectivity index (χ3v) is 22.0. The molecule has 0 spiro atoms. The maximum Gasteiger partial charge on any atom is 0.192 e. The van der Waals surface area contributed by atoms with Gasteiger partial charge < -0.3 is 14.0 Å². The molecule has 0 aromatic carbocycles. The van der Waals surface area contributed by atoms with Crippen molar-refractivity contribution >= 4 is 16.6 Å². The van der Waals surface area contributed by atoms with Gasteiger partial charge in [0.05, 0.1) is 24.4 Å². The van der Waals surface area contributed by atoms with Crippen molar-refractivity contribution in [2.75, 3.05) is 0 Å². The predicted octanol–water partition coefficient (Wildman–Crippen LogP) is 12.0. The molecule has 0 aromatic heterocycles. The smallest absolute Gasteiger partial charge is 0.192 e. The molecule has 6 heteroatoms. The molecule has 4 nitrogen and oxygen atoms in total. The molecule has 3 saturated carbocycles. The molecule has 0 amide bonds. The van der Waals surface area contributed by atoms with Gasteiger partial charge in [-0.15, -0.1) is 0 Å². The van der Waals surface area contributed by atoms with Gasteiger partial charge in [0.25, 0.3) is 0 Å². The molecule has 6 atom stereocenters. The average Bonchev–Trinajstić information content (AvgIpc) is 3.24. The summed E-state index contributed by atoms with van der Waals surface area (Å²) < 4.78 is 14.3. The Morgan fingerprint density at radius 1 is 0.935 bits per heavy atom. The van der Waals surface area contributed by atoms with Gasteiger partial charge in [0, 0.05) is 0 Å². The quantitative estimate of drug-likeness (QED) is 0.186. The summed E-state index contributed by atoms with van der Waals surface area (Å²) in [6.45, 7) is 39.9. The van der Waals surface area contributed by atoms with Gasteiger partial charge in [-0.25, -0.2) is 4.85 Å². The SMILES string of the molecule is [C-]#[N+]C=C1[C@H](O[Si](C)(C)C(C)(C)C)CC(=CC=C2CCCC3(C)C2CCC3[C@@H](C)CCCC(C)(C)O)C[C@H]1O[Si](C)(C)C(C)(C)C. The number of fused-ring (bicyclic) bond motifs is 1. The van der Waals surface area contributed by atoms with Crippen LogP contribution in [0.3, 0.4) is 0 Å². The highest BCUT2D eigenvalue weighted by Gasteiger charge is 2.51. The molecule has 3 rings (SSSR count). The van der Waals surface area contributed by atoms with E-state index in [-0.39, 0.29) is 22.3 Å². The molecule has 3 unspecified atom stereocenters. The van der Waals surface area contributed by atoms with Crippen molar-refractivity contribution < 1.29 is 14.0 Å². The van der Waals surface area contributed by atoms with Crippen molar-refractivity contribution in [3.8, 4) is 0 Å². The molecular weight excluding hydrogens is 599 g/mol. The van der Waals surface area contributed by atoms with E-state index in [2.05, 4.69) is 98.6 Å². The fourth-order valence-corrected chi connectivity index (χ4v) is 10.7. The van der Waals surface area contributed by atoms with Crippen LogP contribution in [0.25, 0.3) is 4.85 Å². The molecule has 3 aliphatic rings. The summed E-state index contributed by atoms with van der Waals surface area (Å²) in [6.07, 6.45) is 17.8. The van der Waals surface area contributed by atoms with Crippen LogP contribution in [-0.4, -0.2) is 39.6 Å². The van der Waals surface area contributed by atoms with Gasteiger partial charge in [-0.1, -0.05) is 91.5 Å². The summed E-state index contributed by atoms with van der Waals surface area (Å²) >= 11 is 0. The lowest BCUT2D eigenvalue weighted by molar-refractivity contribution is 0.0596. The Balaban J connectivity index is 1.92.